The third kappa shape index (κ3) is 0.854. The van der Waals surface area contributed by atoms with E-state index in [2.05, 4.69) is 4.74 Å². The zero-order valence-corrected chi connectivity index (χ0v) is 8.66. The number of carbonyl (C=O) groups is 2. The van der Waals surface area contributed by atoms with Gasteiger partial charge in [0.2, 0.25) is 0 Å². The second-order valence-electron chi connectivity index (χ2n) is 4.24. The Bertz CT molecular complexity index is 300. The number of fused-ring (bicyclic) bond motifs is 5. The summed E-state index contributed by atoms with van der Waals surface area (Å²) < 4.78 is 4.61. The van der Waals surface area contributed by atoms with Crippen LogP contribution >= 0.6 is 23.2 Å². The van der Waals surface area contributed by atoms with E-state index in [4.69, 9.17) is 23.2 Å². The second kappa shape index (κ2) is 2.64. The van der Waals surface area contributed by atoms with Gasteiger partial charge in [-0.15, -0.1) is 23.2 Å². The highest BCUT2D eigenvalue weighted by molar-refractivity contribution is 6.31. The zero-order valence-electron chi connectivity index (χ0n) is 7.15. The van der Waals surface area contributed by atoms with Crippen molar-refractivity contribution in [1.82, 2.24) is 0 Å². The van der Waals surface area contributed by atoms with Gasteiger partial charge < -0.3 is 4.74 Å². The quantitative estimate of drug-likeness (QED) is 0.359. The standard InChI is InChI=1S/C9H8Cl2O3/c10-6-2-1-3(7(6)11)5-4(2)8(12)14-9(5)13/h2-7H,1H2. The van der Waals surface area contributed by atoms with Crippen LogP contribution in [0.3, 0.4) is 0 Å². The molecule has 1 aliphatic heterocycles. The summed E-state index contributed by atoms with van der Waals surface area (Å²) in [4.78, 5) is 22.7. The lowest BCUT2D eigenvalue weighted by atomic mass is 9.80. The van der Waals surface area contributed by atoms with Gasteiger partial charge in [-0.05, 0) is 18.3 Å². The predicted molar refractivity (Wildman–Crippen MR) is 49.0 cm³/mol. The first-order valence-electron chi connectivity index (χ1n) is 4.65. The first-order valence-corrected chi connectivity index (χ1v) is 5.52. The molecule has 1 heterocycles. The minimum Gasteiger partial charge on any atom is -0.393 e. The molecule has 2 bridgehead atoms. The van der Waals surface area contributed by atoms with Crippen LogP contribution in [0.5, 0.6) is 0 Å². The lowest BCUT2D eigenvalue weighted by Gasteiger charge is -2.27. The Balaban J connectivity index is 2.01. The molecule has 2 saturated carbocycles. The fourth-order valence-electron chi connectivity index (χ4n) is 3.15. The van der Waals surface area contributed by atoms with Crippen molar-refractivity contribution in [3.63, 3.8) is 0 Å². The molecule has 0 aromatic heterocycles. The van der Waals surface area contributed by atoms with Crippen LogP contribution in [0.1, 0.15) is 6.42 Å². The molecule has 2 aliphatic carbocycles. The van der Waals surface area contributed by atoms with Crippen LogP contribution in [0, 0.1) is 23.7 Å². The Hall–Kier alpha value is -0.280. The smallest absolute Gasteiger partial charge is 0.317 e. The molecule has 5 heteroatoms. The third-order valence-electron chi connectivity index (χ3n) is 3.72. The van der Waals surface area contributed by atoms with E-state index in [-0.39, 0.29) is 34.4 Å². The summed E-state index contributed by atoms with van der Waals surface area (Å²) in [6, 6.07) is 0. The molecule has 3 aliphatic rings. The Morgan fingerprint density at radius 1 is 1.00 bits per heavy atom. The molecule has 3 rings (SSSR count). The van der Waals surface area contributed by atoms with Crippen molar-refractivity contribution < 1.29 is 14.3 Å². The Morgan fingerprint density at radius 3 is 1.86 bits per heavy atom. The first kappa shape index (κ1) is 8.98. The summed E-state index contributed by atoms with van der Waals surface area (Å²) in [7, 11) is 0. The molecule has 76 valence electrons. The lowest BCUT2D eigenvalue weighted by molar-refractivity contribution is -0.154. The fourth-order valence-corrected chi connectivity index (χ4v) is 4.04. The molecule has 0 aromatic carbocycles. The van der Waals surface area contributed by atoms with Crippen LogP contribution in [0.25, 0.3) is 0 Å². The monoisotopic (exact) mass is 234 g/mol. The number of hydrogen-bond donors (Lipinski definition) is 0. The maximum absolute atomic E-state index is 11.4. The number of halogens is 2. The van der Waals surface area contributed by atoms with Gasteiger partial charge in [0.25, 0.3) is 0 Å². The molecular formula is C9H8Cl2O3. The maximum atomic E-state index is 11.4. The summed E-state index contributed by atoms with van der Waals surface area (Å²) in [5.74, 6) is -1.36. The number of ether oxygens (including phenoxy) is 1. The topological polar surface area (TPSA) is 43.4 Å². The molecule has 14 heavy (non-hydrogen) atoms. The maximum Gasteiger partial charge on any atom is 0.317 e. The normalized spacial score (nSPS) is 55.0. The summed E-state index contributed by atoms with van der Waals surface area (Å²) in [6.07, 6.45) is 0.790. The Kier molecular flexibility index (Phi) is 1.69. The van der Waals surface area contributed by atoms with Crippen LogP contribution < -0.4 is 0 Å². The molecule has 1 saturated heterocycles. The van der Waals surface area contributed by atoms with Gasteiger partial charge in [0.05, 0.1) is 22.6 Å². The van der Waals surface area contributed by atoms with Crippen molar-refractivity contribution in [2.45, 2.75) is 17.2 Å². The molecule has 0 spiro atoms. The molecule has 3 fully saturated rings. The largest absolute Gasteiger partial charge is 0.393 e. The SMILES string of the molecule is O=C1OC(=O)C2C3CC(C(Cl)C3Cl)C12. The van der Waals surface area contributed by atoms with Crippen LogP contribution in [0.2, 0.25) is 0 Å². The van der Waals surface area contributed by atoms with Crippen LogP contribution in [-0.4, -0.2) is 22.7 Å². The van der Waals surface area contributed by atoms with Crippen molar-refractivity contribution in [1.29, 1.82) is 0 Å². The number of cyclic esters (lactones) is 2. The highest BCUT2D eigenvalue weighted by Crippen LogP contribution is 2.58. The van der Waals surface area contributed by atoms with Crippen molar-refractivity contribution in [2.75, 3.05) is 0 Å². The summed E-state index contributed by atoms with van der Waals surface area (Å²) in [6.45, 7) is 0. The van der Waals surface area contributed by atoms with E-state index in [1.807, 2.05) is 0 Å². The molecular weight excluding hydrogens is 227 g/mol. The minimum absolute atomic E-state index is 0.0353. The van der Waals surface area contributed by atoms with Gasteiger partial charge in [-0.3, -0.25) is 9.59 Å². The number of alkyl halides is 2. The average Bonchev–Trinajstić information content (AvgIpc) is 2.71. The van der Waals surface area contributed by atoms with Crippen molar-refractivity contribution in [2.24, 2.45) is 23.7 Å². The van der Waals surface area contributed by atoms with Crippen molar-refractivity contribution in [3.8, 4) is 0 Å². The van der Waals surface area contributed by atoms with Crippen LogP contribution in [-0.2, 0) is 14.3 Å². The molecule has 0 amide bonds. The molecule has 6 unspecified atom stereocenters. The van der Waals surface area contributed by atoms with E-state index in [9.17, 15) is 9.59 Å². The van der Waals surface area contributed by atoms with Gasteiger partial charge in [-0.2, -0.15) is 0 Å². The molecule has 0 N–H and O–H groups in total. The zero-order chi connectivity index (χ0) is 10.0. The van der Waals surface area contributed by atoms with Gasteiger partial charge in [0.15, 0.2) is 0 Å². The molecule has 0 aromatic rings. The fraction of sp³-hybridized carbons (Fsp3) is 0.778. The van der Waals surface area contributed by atoms with Crippen LogP contribution in [0.15, 0.2) is 0 Å². The number of rotatable bonds is 0. The Labute approximate surface area is 90.7 Å². The third-order valence-corrected chi connectivity index (χ3v) is 5.04. The summed E-state index contributed by atoms with van der Waals surface area (Å²) >= 11 is 12.2. The van der Waals surface area contributed by atoms with Gasteiger partial charge >= 0.3 is 11.9 Å². The number of esters is 2. The lowest BCUT2D eigenvalue weighted by Crippen LogP contribution is -2.37. The molecule has 6 atom stereocenters. The van der Waals surface area contributed by atoms with E-state index < -0.39 is 11.9 Å². The van der Waals surface area contributed by atoms with E-state index in [1.165, 1.54) is 0 Å². The van der Waals surface area contributed by atoms with Gasteiger partial charge in [-0.25, -0.2) is 0 Å². The van der Waals surface area contributed by atoms with Gasteiger partial charge in [0.1, 0.15) is 0 Å². The van der Waals surface area contributed by atoms with Crippen molar-refractivity contribution in [3.05, 3.63) is 0 Å². The van der Waals surface area contributed by atoms with E-state index >= 15 is 0 Å². The Morgan fingerprint density at radius 2 is 1.43 bits per heavy atom. The van der Waals surface area contributed by atoms with E-state index in [0.717, 1.165) is 6.42 Å². The van der Waals surface area contributed by atoms with E-state index in [0.29, 0.717) is 0 Å². The van der Waals surface area contributed by atoms with E-state index in [1.54, 1.807) is 0 Å². The first-order chi connectivity index (χ1) is 6.61. The predicted octanol–water partition coefficient (Wildman–Crippen LogP) is 1.17. The highest BCUT2D eigenvalue weighted by Gasteiger charge is 2.66. The molecule has 0 radical (unpaired) electrons. The number of carbonyl (C=O) groups excluding carboxylic acids is 2. The second-order valence-corrected chi connectivity index (χ2v) is 5.25. The van der Waals surface area contributed by atoms with Crippen LogP contribution in [0.4, 0.5) is 0 Å². The van der Waals surface area contributed by atoms with Gasteiger partial charge in [-0.1, -0.05) is 0 Å². The molecule has 3 nitrogen and oxygen atoms in total. The summed E-state index contributed by atoms with van der Waals surface area (Å²) in [5, 5.41) is -0.386. The van der Waals surface area contributed by atoms with Crippen molar-refractivity contribution >= 4 is 35.1 Å². The summed E-state index contributed by atoms with van der Waals surface area (Å²) in [5.41, 5.74) is 0. The minimum atomic E-state index is -0.401. The highest BCUT2D eigenvalue weighted by atomic mass is 35.5. The average molecular weight is 235 g/mol. The number of hydrogen-bond acceptors (Lipinski definition) is 3. The van der Waals surface area contributed by atoms with Gasteiger partial charge in [0, 0.05) is 0 Å².